The summed E-state index contributed by atoms with van der Waals surface area (Å²) in [5, 5.41) is 2.87. The number of benzene rings is 4. The zero-order valence-corrected chi connectivity index (χ0v) is 25.5. The van der Waals surface area contributed by atoms with E-state index in [9.17, 15) is 18.0 Å². The van der Waals surface area contributed by atoms with Gasteiger partial charge in [-0.2, -0.15) is 0 Å². The first kappa shape index (κ1) is 31.3. The Morgan fingerprint density at radius 2 is 1.40 bits per heavy atom. The largest absolute Gasteiger partial charge is 0.497 e. The van der Waals surface area contributed by atoms with Crippen LogP contribution in [0, 0.1) is 6.92 Å². The van der Waals surface area contributed by atoms with E-state index >= 15 is 0 Å². The number of hydrogen-bond donors (Lipinski definition) is 1. The van der Waals surface area contributed by atoms with Crippen molar-refractivity contribution >= 4 is 27.5 Å². The molecule has 1 N–H and O–H groups in total. The van der Waals surface area contributed by atoms with Gasteiger partial charge < -0.3 is 15.0 Å². The van der Waals surface area contributed by atoms with Crippen LogP contribution in [0.3, 0.4) is 0 Å². The Bertz CT molecular complexity index is 1590. The second kappa shape index (κ2) is 14.5. The average molecular weight is 600 g/mol. The van der Waals surface area contributed by atoms with E-state index in [1.165, 1.54) is 24.1 Å². The number of nitrogens with one attached hydrogen (secondary N) is 1. The number of amides is 2. The molecule has 0 aromatic heterocycles. The Balaban J connectivity index is 1.78. The number of nitrogens with zero attached hydrogens (tertiary/aromatic N) is 2. The third kappa shape index (κ3) is 8.02. The number of anilines is 1. The van der Waals surface area contributed by atoms with Gasteiger partial charge in [-0.25, -0.2) is 8.42 Å². The van der Waals surface area contributed by atoms with Crippen molar-refractivity contribution in [1.29, 1.82) is 0 Å². The maximum Gasteiger partial charge on any atom is 0.264 e. The predicted molar refractivity (Wildman–Crippen MR) is 168 cm³/mol. The Kier molecular flexibility index (Phi) is 10.6. The molecule has 4 rings (SSSR count). The van der Waals surface area contributed by atoms with Crippen molar-refractivity contribution in [2.75, 3.05) is 24.5 Å². The molecule has 0 aliphatic rings. The molecule has 9 heteroatoms. The summed E-state index contributed by atoms with van der Waals surface area (Å²) in [6.45, 7) is 3.68. The van der Waals surface area contributed by atoms with Crippen LogP contribution in [-0.2, 0) is 32.6 Å². The first-order valence-electron chi connectivity index (χ1n) is 14.1. The number of hydrogen-bond acceptors (Lipinski definition) is 5. The molecule has 0 unspecified atom stereocenters. The monoisotopic (exact) mass is 599 g/mol. The summed E-state index contributed by atoms with van der Waals surface area (Å²) in [5.74, 6) is -0.275. The maximum atomic E-state index is 14.3. The van der Waals surface area contributed by atoms with Crippen LogP contribution in [0.25, 0.3) is 0 Å². The summed E-state index contributed by atoms with van der Waals surface area (Å²) in [6.07, 6.45) is 0.262. The van der Waals surface area contributed by atoms with Crippen LogP contribution in [0.15, 0.2) is 114 Å². The Morgan fingerprint density at radius 3 is 1.95 bits per heavy atom. The van der Waals surface area contributed by atoms with Crippen LogP contribution in [0.5, 0.6) is 5.75 Å². The number of likely N-dealkylation sites (N-methyl/N-ethyl adjacent to an activating group) is 1. The van der Waals surface area contributed by atoms with Crippen molar-refractivity contribution in [2.24, 2.45) is 0 Å². The molecule has 0 spiro atoms. The molecule has 0 aliphatic carbocycles. The molecule has 0 aliphatic heterocycles. The smallest absolute Gasteiger partial charge is 0.264 e. The summed E-state index contributed by atoms with van der Waals surface area (Å²) < 4.78 is 34.5. The normalized spacial score (nSPS) is 11.8. The fourth-order valence-corrected chi connectivity index (χ4v) is 6.15. The topological polar surface area (TPSA) is 96.0 Å². The second-order valence-corrected chi connectivity index (χ2v) is 12.0. The van der Waals surface area contributed by atoms with Crippen LogP contribution in [0.2, 0.25) is 0 Å². The molecule has 0 bridgehead atoms. The Labute approximate surface area is 254 Å². The lowest BCUT2D eigenvalue weighted by atomic mass is 10.0. The van der Waals surface area contributed by atoms with Gasteiger partial charge in [0.1, 0.15) is 18.3 Å². The summed E-state index contributed by atoms with van der Waals surface area (Å²) >= 11 is 0. The maximum absolute atomic E-state index is 14.3. The summed E-state index contributed by atoms with van der Waals surface area (Å²) in [5.41, 5.74) is 2.90. The fraction of sp³-hybridized carbons (Fsp3) is 0.235. The fourth-order valence-electron chi connectivity index (χ4n) is 4.74. The molecule has 4 aromatic carbocycles. The van der Waals surface area contributed by atoms with Crippen molar-refractivity contribution in [1.82, 2.24) is 10.2 Å². The third-order valence-electron chi connectivity index (χ3n) is 7.07. The van der Waals surface area contributed by atoms with E-state index in [1.54, 1.807) is 36.4 Å². The van der Waals surface area contributed by atoms with Gasteiger partial charge in [0.15, 0.2) is 0 Å². The highest BCUT2D eigenvalue weighted by Crippen LogP contribution is 2.27. The van der Waals surface area contributed by atoms with Crippen molar-refractivity contribution in [3.05, 3.63) is 126 Å². The van der Waals surface area contributed by atoms with Crippen LogP contribution >= 0.6 is 0 Å². The molecule has 1 atom stereocenters. The van der Waals surface area contributed by atoms with Crippen molar-refractivity contribution < 1.29 is 22.7 Å². The van der Waals surface area contributed by atoms with Gasteiger partial charge in [0.25, 0.3) is 10.0 Å². The van der Waals surface area contributed by atoms with E-state index < -0.39 is 28.5 Å². The number of rotatable bonds is 13. The number of methoxy groups -OCH3 is 1. The molecule has 224 valence electrons. The molecule has 43 heavy (non-hydrogen) atoms. The second-order valence-electron chi connectivity index (χ2n) is 10.1. The molecule has 2 amide bonds. The number of aryl methyl sites for hydroxylation is 1. The van der Waals surface area contributed by atoms with Crippen LogP contribution in [0.1, 0.15) is 23.6 Å². The lowest BCUT2D eigenvalue weighted by Gasteiger charge is -2.33. The van der Waals surface area contributed by atoms with E-state index in [4.69, 9.17) is 4.74 Å². The molecule has 0 fully saturated rings. The van der Waals surface area contributed by atoms with Gasteiger partial charge in [-0.1, -0.05) is 78.4 Å². The first-order chi connectivity index (χ1) is 20.7. The van der Waals surface area contributed by atoms with Gasteiger partial charge in [-0.15, -0.1) is 0 Å². The van der Waals surface area contributed by atoms with Crippen molar-refractivity contribution in [3.63, 3.8) is 0 Å². The van der Waals surface area contributed by atoms with Gasteiger partial charge in [0.05, 0.1) is 17.7 Å². The minimum Gasteiger partial charge on any atom is -0.497 e. The van der Waals surface area contributed by atoms with Gasteiger partial charge in [-0.3, -0.25) is 13.9 Å². The van der Waals surface area contributed by atoms with Crippen LogP contribution in [0.4, 0.5) is 5.69 Å². The molecule has 0 saturated heterocycles. The van der Waals surface area contributed by atoms with E-state index in [2.05, 4.69) is 5.32 Å². The van der Waals surface area contributed by atoms with E-state index in [0.717, 1.165) is 21.0 Å². The lowest BCUT2D eigenvalue weighted by Crippen LogP contribution is -2.53. The first-order valence-corrected chi connectivity index (χ1v) is 15.6. The van der Waals surface area contributed by atoms with Gasteiger partial charge in [0, 0.05) is 19.5 Å². The zero-order valence-electron chi connectivity index (χ0n) is 24.6. The number of sulfonamides is 1. The van der Waals surface area contributed by atoms with Crippen LogP contribution < -0.4 is 14.4 Å². The SMILES string of the molecule is CCNC(=O)[C@H](Cc1ccccc1)N(Cc1ccccc1)C(=O)CN(c1ccc(OC)cc1)S(=O)(=O)c1ccc(C)cc1. The van der Waals surface area contributed by atoms with Gasteiger partial charge >= 0.3 is 0 Å². The lowest BCUT2D eigenvalue weighted by molar-refractivity contribution is -0.140. The van der Waals surface area contributed by atoms with Crippen LogP contribution in [-0.4, -0.2) is 51.4 Å². The molecule has 8 nitrogen and oxygen atoms in total. The Hall–Kier alpha value is -4.63. The number of ether oxygens (including phenoxy) is 1. The quantitative estimate of drug-likeness (QED) is 0.234. The highest BCUT2D eigenvalue weighted by molar-refractivity contribution is 7.92. The average Bonchev–Trinajstić information content (AvgIpc) is 3.02. The molecule has 0 heterocycles. The molecule has 0 radical (unpaired) electrons. The minimum atomic E-state index is -4.16. The standard InChI is InChI=1S/C34H37N3O5S/c1-4-35-34(39)32(23-27-11-7-5-8-12-27)36(24-28-13-9-6-10-14-28)33(38)25-37(29-17-19-30(42-3)20-18-29)43(40,41)31-21-15-26(2)16-22-31/h5-22,32H,4,23-25H2,1-3H3,(H,35,39)/t32-/m0/s1. The summed E-state index contributed by atoms with van der Waals surface area (Å²) in [6, 6.07) is 30.9. The zero-order chi connectivity index (χ0) is 30.8. The van der Waals surface area contributed by atoms with E-state index in [0.29, 0.717) is 18.0 Å². The van der Waals surface area contributed by atoms with Gasteiger partial charge in [-0.05, 0) is 61.4 Å². The van der Waals surface area contributed by atoms with E-state index in [1.807, 2.05) is 74.5 Å². The van der Waals surface area contributed by atoms with E-state index in [-0.39, 0.29) is 23.8 Å². The number of carbonyl (C=O) groups is 2. The predicted octanol–water partition coefficient (Wildman–Crippen LogP) is 4.98. The molecular weight excluding hydrogens is 562 g/mol. The minimum absolute atomic E-state index is 0.0564. The van der Waals surface area contributed by atoms with Crippen molar-refractivity contribution in [2.45, 2.75) is 37.8 Å². The molecule has 0 saturated carbocycles. The highest BCUT2D eigenvalue weighted by atomic mass is 32.2. The Morgan fingerprint density at radius 1 is 0.814 bits per heavy atom. The molecular formula is C34H37N3O5S. The third-order valence-corrected chi connectivity index (χ3v) is 8.85. The number of carbonyl (C=O) groups excluding carboxylic acids is 2. The summed E-state index contributed by atoms with van der Waals surface area (Å²) in [7, 11) is -2.64. The molecule has 4 aromatic rings. The van der Waals surface area contributed by atoms with Gasteiger partial charge in [0.2, 0.25) is 11.8 Å². The van der Waals surface area contributed by atoms with Crippen molar-refractivity contribution in [3.8, 4) is 5.75 Å². The summed E-state index contributed by atoms with van der Waals surface area (Å²) in [4.78, 5) is 29.4. The highest BCUT2D eigenvalue weighted by Gasteiger charge is 2.34.